The van der Waals surface area contributed by atoms with Gasteiger partial charge in [0.1, 0.15) is 17.1 Å². The minimum Gasteiger partial charge on any atom is -0.494 e. The van der Waals surface area contributed by atoms with Crippen LogP contribution in [0.2, 0.25) is 0 Å². The van der Waals surface area contributed by atoms with Gasteiger partial charge < -0.3 is 29.1 Å². The van der Waals surface area contributed by atoms with Crippen LogP contribution in [0.5, 0.6) is 11.5 Å². The Morgan fingerprint density at radius 2 is 1.43 bits per heavy atom. The fourth-order valence-corrected chi connectivity index (χ4v) is 3.10. The molecule has 1 amide bonds. The molecule has 0 fully saturated rings. The van der Waals surface area contributed by atoms with E-state index in [9.17, 15) is 4.79 Å². The molecule has 2 heterocycles. The monoisotopic (exact) mass is 478 g/mol. The van der Waals surface area contributed by atoms with E-state index in [1.54, 1.807) is 57.5 Å². The number of anilines is 2. The van der Waals surface area contributed by atoms with E-state index in [2.05, 4.69) is 15.3 Å². The van der Waals surface area contributed by atoms with Crippen LogP contribution in [0.25, 0.3) is 11.4 Å². The van der Waals surface area contributed by atoms with E-state index in [4.69, 9.17) is 19.9 Å². The number of methoxy groups -OCH3 is 2. The van der Waals surface area contributed by atoms with E-state index < -0.39 is 11.7 Å². The third-order valence-electron chi connectivity index (χ3n) is 4.59. The lowest BCUT2D eigenvalue weighted by Crippen LogP contribution is -2.27. The fraction of sp³-hybridized carbons (Fsp3) is 0.240. The lowest BCUT2D eigenvalue weighted by atomic mass is 10.2. The molecule has 184 valence electrons. The summed E-state index contributed by atoms with van der Waals surface area (Å²) in [5, 5.41) is 2.68. The van der Waals surface area contributed by atoms with Crippen molar-refractivity contribution in [3.05, 3.63) is 73.8 Å². The number of benzene rings is 2. The SMILES string of the molecule is COc1cc(N)ccc1-n1ccnc1.COc1cc(NC(=O)OC(C)(C)C)ccc1-n1ccnc1. The number of nitrogens with two attached hydrogens (primary N) is 1. The molecule has 4 aromatic rings. The van der Waals surface area contributed by atoms with E-state index in [0.717, 1.165) is 17.1 Å². The van der Waals surface area contributed by atoms with Crippen LogP contribution in [-0.4, -0.2) is 45.0 Å². The van der Waals surface area contributed by atoms with Crippen LogP contribution in [0, 0.1) is 0 Å². The molecule has 4 rings (SSSR count). The van der Waals surface area contributed by atoms with Gasteiger partial charge in [0, 0.05) is 48.3 Å². The summed E-state index contributed by atoms with van der Waals surface area (Å²) in [7, 11) is 3.20. The van der Waals surface area contributed by atoms with Gasteiger partial charge in [-0.3, -0.25) is 5.32 Å². The molecule has 2 aromatic carbocycles. The average molecular weight is 479 g/mol. The summed E-state index contributed by atoms with van der Waals surface area (Å²) < 4.78 is 19.5. The molecule has 0 aliphatic carbocycles. The van der Waals surface area contributed by atoms with Gasteiger partial charge in [0.15, 0.2) is 0 Å². The first-order chi connectivity index (χ1) is 16.7. The summed E-state index contributed by atoms with van der Waals surface area (Å²) in [6, 6.07) is 10.9. The Morgan fingerprint density at radius 1 is 0.886 bits per heavy atom. The summed E-state index contributed by atoms with van der Waals surface area (Å²) in [6.45, 7) is 5.44. The number of carbonyl (C=O) groups excluding carboxylic acids is 1. The molecule has 10 nitrogen and oxygen atoms in total. The van der Waals surface area contributed by atoms with Crippen LogP contribution in [0.1, 0.15) is 20.8 Å². The molecular weight excluding hydrogens is 448 g/mol. The highest BCUT2D eigenvalue weighted by molar-refractivity contribution is 5.85. The van der Waals surface area contributed by atoms with Gasteiger partial charge in [-0.2, -0.15) is 0 Å². The fourth-order valence-electron chi connectivity index (χ4n) is 3.10. The van der Waals surface area contributed by atoms with Crippen molar-refractivity contribution in [2.24, 2.45) is 0 Å². The van der Waals surface area contributed by atoms with Crippen molar-refractivity contribution in [3.8, 4) is 22.9 Å². The molecule has 0 saturated carbocycles. The molecule has 0 atom stereocenters. The third kappa shape index (κ3) is 7.00. The van der Waals surface area contributed by atoms with Gasteiger partial charge in [-0.25, -0.2) is 14.8 Å². The largest absolute Gasteiger partial charge is 0.494 e. The second-order valence-electron chi connectivity index (χ2n) is 8.38. The van der Waals surface area contributed by atoms with E-state index >= 15 is 0 Å². The summed E-state index contributed by atoms with van der Waals surface area (Å²) in [5.74, 6) is 1.37. The minimum atomic E-state index is -0.537. The number of nitrogen functional groups attached to an aromatic ring is 1. The lowest BCUT2D eigenvalue weighted by molar-refractivity contribution is 0.0636. The predicted molar refractivity (Wildman–Crippen MR) is 135 cm³/mol. The number of carbonyl (C=O) groups is 1. The number of rotatable bonds is 5. The maximum atomic E-state index is 11.8. The molecule has 35 heavy (non-hydrogen) atoms. The molecule has 0 aliphatic heterocycles. The first kappa shape index (κ1) is 25.2. The number of hydrogen-bond acceptors (Lipinski definition) is 7. The maximum Gasteiger partial charge on any atom is 0.412 e. The topological polar surface area (TPSA) is 118 Å². The number of aromatic nitrogens is 4. The van der Waals surface area contributed by atoms with Crippen LogP contribution in [-0.2, 0) is 4.74 Å². The average Bonchev–Trinajstić information content (AvgIpc) is 3.52. The lowest BCUT2D eigenvalue weighted by Gasteiger charge is -2.20. The summed E-state index contributed by atoms with van der Waals surface area (Å²) >= 11 is 0. The molecule has 0 spiro atoms. The smallest absolute Gasteiger partial charge is 0.412 e. The number of amides is 1. The van der Waals surface area contributed by atoms with Gasteiger partial charge in [0.25, 0.3) is 0 Å². The number of nitrogens with one attached hydrogen (secondary N) is 1. The van der Waals surface area contributed by atoms with Crippen molar-refractivity contribution in [1.29, 1.82) is 0 Å². The van der Waals surface area contributed by atoms with E-state index in [-0.39, 0.29) is 0 Å². The molecule has 0 unspecified atom stereocenters. The Hall–Kier alpha value is -4.47. The zero-order valence-corrected chi connectivity index (χ0v) is 20.4. The Morgan fingerprint density at radius 3 is 1.91 bits per heavy atom. The second-order valence-corrected chi connectivity index (χ2v) is 8.38. The molecule has 2 aromatic heterocycles. The van der Waals surface area contributed by atoms with Crippen LogP contribution >= 0.6 is 0 Å². The van der Waals surface area contributed by atoms with Gasteiger partial charge in [-0.15, -0.1) is 0 Å². The van der Waals surface area contributed by atoms with Crippen molar-refractivity contribution in [2.45, 2.75) is 26.4 Å². The Balaban J connectivity index is 0.000000211. The van der Waals surface area contributed by atoms with Crippen molar-refractivity contribution in [1.82, 2.24) is 19.1 Å². The Kier molecular flexibility index (Phi) is 7.98. The molecule has 0 radical (unpaired) electrons. The van der Waals surface area contributed by atoms with Crippen LogP contribution in [0.4, 0.5) is 16.2 Å². The van der Waals surface area contributed by atoms with E-state index in [1.165, 1.54) is 0 Å². The summed E-state index contributed by atoms with van der Waals surface area (Å²) in [4.78, 5) is 19.7. The zero-order valence-electron chi connectivity index (χ0n) is 20.4. The predicted octanol–water partition coefficient (Wildman–Crippen LogP) is 4.69. The zero-order chi connectivity index (χ0) is 25.4. The highest BCUT2D eigenvalue weighted by Crippen LogP contribution is 2.27. The van der Waals surface area contributed by atoms with Gasteiger partial charge >= 0.3 is 6.09 Å². The van der Waals surface area contributed by atoms with Crippen LogP contribution in [0.15, 0.2) is 73.8 Å². The van der Waals surface area contributed by atoms with Gasteiger partial charge in [-0.1, -0.05) is 0 Å². The summed E-state index contributed by atoms with van der Waals surface area (Å²) in [6.07, 6.45) is 9.97. The van der Waals surface area contributed by atoms with E-state index in [1.807, 2.05) is 60.5 Å². The standard InChI is InChI=1S/C15H19N3O3.C10H11N3O/c1-15(2,3)21-14(19)17-11-5-6-12(13(9-11)20-4)18-8-7-16-10-18;1-14-10-6-8(11)2-3-9(10)13-5-4-12-7-13/h5-10H,1-4H3,(H,17,19);2-7H,11H2,1H3. The van der Waals surface area contributed by atoms with Gasteiger partial charge in [0.2, 0.25) is 0 Å². The minimum absolute atomic E-state index is 0.500. The second kappa shape index (κ2) is 11.1. The summed E-state index contributed by atoms with van der Waals surface area (Å²) in [5.41, 5.74) is 8.17. The number of ether oxygens (including phenoxy) is 3. The van der Waals surface area contributed by atoms with Crippen molar-refractivity contribution < 1.29 is 19.0 Å². The quantitative estimate of drug-likeness (QED) is 0.399. The van der Waals surface area contributed by atoms with Crippen LogP contribution < -0.4 is 20.5 Å². The number of hydrogen-bond donors (Lipinski definition) is 2. The molecule has 10 heteroatoms. The maximum absolute atomic E-state index is 11.8. The molecule has 0 saturated heterocycles. The normalized spacial score (nSPS) is 10.7. The van der Waals surface area contributed by atoms with Crippen molar-refractivity contribution in [2.75, 3.05) is 25.3 Å². The Labute approximate surface area is 204 Å². The van der Waals surface area contributed by atoms with Crippen molar-refractivity contribution >= 4 is 17.5 Å². The third-order valence-corrected chi connectivity index (χ3v) is 4.59. The van der Waals surface area contributed by atoms with E-state index in [0.29, 0.717) is 17.1 Å². The first-order valence-corrected chi connectivity index (χ1v) is 10.8. The molecule has 0 aliphatic rings. The number of nitrogens with zero attached hydrogens (tertiary/aromatic N) is 4. The number of imidazole rings is 2. The van der Waals surface area contributed by atoms with Gasteiger partial charge in [-0.05, 0) is 45.0 Å². The highest BCUT2D eigenvalue weighted by Gasteiger charge is 2.17. The van der Waals surface area contributed by atoms with Gasteiger partial charge in [0.05, 0.1) is 38.2 Å². The highest BCUT2D eigenvalue weighted by atomic mass is 16.6. The van der Waals surface area contributed by atoms with Crippen molar-refractivity contribution in [3.63, 3.8) is 0 Å². The van der Waals surface area contributed by atoms with Crippen LogP contribution in [0.3, 0.4) is 0 Å². The molecule has 3 N–H and O–H groups in total. The molecule has 0 bridgehead atoms. The Bertz CT molecular complexity index is 1230. The first-order valence-electron chi connectivity index (χ1n) is 10.8. The molecular formula is C25H30N6O4.